The minimum atomic E-state index is -0.383. The predicted molar refractivity (Wildman–Crippen MR) is 120 cm³/mol. The molecule has 0 atom stereocenters. The van der Waals surface area contributed by atoms with Crippen LogP contribution in [0.5, 0.6) is 23.0 Å². The van der Waals surface area contributed by atoms with Crippen LogP contribution in [0.4, 0.5) is 0 Å². The van der Waals surface area contributed by atoms with Crippen LogP contribution < -0.4 is 24.4 Å². The molecule has 0 aliphatic rings. The van der Waals surface area contributed by atoms with Gasteiger partial charge in [0.1, 0.15) is 13.2 Å². The third-order valence-corrected chi connectivity index (χ3v) is 3.82. The number of hydrogen-bond acceptors (Lipinski definition) is 6. The number of nitrogens with zero attached hydrogens (tertiary/aromatic N) is 1. The molecule has 162 valence electrons. The standard InChI is InChI=1S/C24H26N2O5/c1-5-13-30-20-11-9-18(15-22(20)28-7-3)17-25-26-24(27)19-10-12-21(31-14-6-2)23(16-19)29-8-4/h1,6,9-12,15-17H,2,7-8,13-14H2,3-4H3,(H,26,27)/b25-17+. The van der Waals surface area contributed by atoms with Crippen molar-refractivity contribution in [3.8, 4) is 35.3 Å². The molecule has 1 amide bonds. The summed E-state index contributed by atoms with van der Waals surface area (Å²) in [5.74, 6) is 4.14. The topological polar surface area (TPSA) is 78.4 Å². The molecule has 7 nitrogen and oxygen atoms in total. The lowest BCUT2D eigenvalue weighted by Crippen LogP contribution is -2.17. The van der Waals surface area contributed by atoms with Crippen molar-refractivity contribution in [2.45, 2.75) is 13.8 Å². The molecule has 0 saturated carbocycles. The molecule has 2 aromatic rings. The number of hydrogen-bond donors (Lipinski definition) is 1. The molecule has 0 aromatic heterocycles. The van der Waals surface area contributed by atoms with E-state index in [2.05, 4.69) is 23.0 Å². The van der Waals surface area contributed by atoms with Gasteiger partial charge < -0.3 is 18.9 Å². The van der Waals surface area contributed by atoms with E-state index in [1.165, 1.54) is 6.21 Å². The number of terminal acetylenes is 1. The Morgan fingerprint density at radius 2 is 1.71 bits per heavy atom. The third-order valence-electron chi connectivity index (χ3n) is 3.82. The van der Waals surface area contributed by atoms with Crippen molar-refractivity contribution in [1.82, 2.24) is 5.43 Å². The van der Waals surface area contributed by atoms with Gasteiger partial charge in [0.15, 0.2) is 23.0 Å². The van der Waals surface area contributed by atoms with E-state index < -0.39 is 0 Å². The maximum atomic E-state index is 12.5. The zero-order chi connectivity index (χ0) is 22.5. The Labute approximate surface area is 182 Å². The molecule has 0 spiro atoms. The quantitative estimate of drug-likeness (QED) is 0.243. The molecule has 0 fully saturated rings. The molecule has 0 saturated heterocycles. The summed E-state index contributed by atoms with van der Waals surface area (Å²) in [6, 6.07) is 10.2. The fourth-order valence-electron chi connectivity index (χ4n) is 2.53. The van der Waals surface area contributed by atoms with E-state index in [0.29, 0.717) is 48.4 Å². The molecule has 0 aliphatic heterocycles. The molecule has 1 N–H and O–H groups in total. The first kappa shape index (κ1) is 23.4. The fourth-order valence-corrected chi connectivity index (χ4v) is 2.53. The van der Waals surface area contributed by atoms with Crippen LogP contribution in [0.1, 0.15) is 29.8 Å². The van der Waals surface area contributed by atoms with E-state index in [0.717, 1.165) is 5.56 Å². The largest absolute Gasteiger partial charge is 0.490 e. The number of amides is 1. The van der Waals surface area contributed by atoms with Crippen LogP contribution in [0.15, 0.2) is 54.2 Å². The van der Waals surface area contributed by atoms with Crippen molar-refractivity contribution in [2.75, 3.05) is 26.4 Å². The number of ether oxygens (including phenoxy) is 4. The minimum absolute atomic E-state index is 0.144. The summed E-state index contributed by atoms with van der Waals surface area (Å²) >= 11 is 0. The lowest BCUT2D eigenvalue weighted by Gasteiger charge is -2.12. The lowest BCUT2D eigenvalue weighted by molar-refractivity contribution is 0.0954. The number of nitrogens with one attached hydrogen (secondary N) is 1. The van der Waals surface area contributed by atoms with Gasteiger partial charge in [-0.05, 0) is 55.8 Å². The van der Waals surface area contributed by atoms with Crippen LogP contribution in [-0.4, -0.2) is 38.5 Å². The van der Waals surface area contributed by atoms with Crippen LogP contribution >= 0.6 is 0 Å². The first-order valence-corrected chi connectivity index (χ1v) is 9.79. The Kier molecular flexibility index (Phi) is 9.50. The maximum absolute atomic E-state index is 12.5. The summed E-state index contributed by atoms with van der Waals surface area (Å²) < 4.78 is 22.1. The Hall–Kier alpha value is -3.92. The lowest BCUT2D eigenvalue weighted by atomic mass is 10.2. The number of rotatable bonds is 12. The molecule has 2 rings (SSSR count). The predicted octanol–water partition coefficient (Wildman–Crippen LogP) is 3.82. The smallest absolute Gasteiger partial charge is 0.271 e. The number of benzene rings is 2. The van der Waals surface area contributed by atoms with Gasteiger partial charge in [-0.15, -0.1) is 6.42 Å². The second-order valence-electron chi connectivity index (χ2n) is 6.03. The molecule has 0 bridgehead atoms. The highest BCUT2D eigenvalue weighted by Gasteiger charge is 2.11. The molecular formula is C24H26N2O5. The summed E-state index contributed by atoms with van der Waals surface area (Å²) in [4.78, 5) is 12.5. The third kappa shape index (κ3) is 7.12. The zero-order valence-corrected chi connectivity index (χ0v) is 17.7. The SMILES string of the molecule is C#CCOc1ccc(/C=N/NC(=O)c2ccc(OCC=C)c(OCC)c2)cc1OCC. The first-order valence-electron chi connectivity index (χ1n) is 9.79. The van der Waals surface area contributed by atoms with Gasteiger partial charge in [0.05, 0.1) is 19.4 Å². The Morgan fingerprint density at radius 1 is 1.03 bits per heavy atom. The van der Waals surface area contributed by atoms with Crippen LogP contribution in [-0.2, 0) is 0 Å². The van der Waals surface area contributed by atoms with E-state index in [-0.39, 0.29) is 12.5 Å². The summed E-state index contributed by atoms with van der Waals surface area (Å²) in [6.45, 7) is 8.74. The molecule has 0 heterocycles. The van der Waals surface area contributed by atoms with E-state index >= 15 is 0 Å². The van der Waals surface area contributed by atoms with Crippen molar-refractivity contribution in [2.24, 2.45) is 5.10 Å². The van der Waals surface area contributed by atoms with Crippen LogP contribution in [0.25, 0.3) is 0 Å². The van der Waals surface area contributed by atoms with Crippen LogP contribution in [0.3, 0.4) is 0 Å². The minimum Gasteiger partial charge on any atom is -0.490 e. The van der Waals surface area contributed by atoms with Crippen LogP contribution in [0.2, 0.25) is 0 Å². The zero-order valence-electron chi connectivity index (χ0n) is 17.7. The maximum Gasteiger partial charge on any atom is 0.271 e. The molecule has 0 radical (unpaired) electrons. The Balaban J connectivity index is 2.09. The molecular weight excluding hydrogens is 396 g/mol. The van der Waals surface area contributed by atoms with Crippen molar-refractivity contribution in [3.05, 3.63) is 60.2 Å². The van der Waals surface area contributed by atoms with E-state index in [1.54, 1.807) is 42.5 Å². The van der Waals surface area contributed by atoms with Crippen molar-refractivity contribution in [3.63, 3.8) is 0 Å². The highest BCUT2D eigenvalue weighted by molar-refractivity contribution is 5.95. The van der Waals surface area contributed by atoms with Gasteiger partial charge in [-0.2, -0.15) is 5.10 Å². The molecule has 31 heavy (non-hydrogen) atoms. The Bertz CT molecular complexity index is 963. The summed E-state index contributed by atoms with van der Waals surface area (Å²) in [6.07, 6.45) is 8.38. The number of carbonyl (C=O) groups excluding carboxylic acids is 1. The Morgan fingerprint density at radius 3 is 2.39 bits per heavy atom. The average molecular weight is 422 g/mol. The summed E-state index contributed by atoms with van der Waals surface area (Å²) in [7, 11) is 0. The second kappa shape index (κ2) is 12.6. The molecule has 0 unspecified atom stereocenters. The van der Waals surface area contributed by atoms with Gasteiger partial charge >= 0.3 is 0 Å². The second-order valence-corrected chi connectivity index (χ2v) is 6.03. The van der Waals surface area contributed by atoms with E-state index in [1.807, 2.05) is 13.8 Å². The highest BCUT2D eigenvalue weighted by Crippen LogP contribution is 2.29. The monoisotopic (exact) mass is 422 g/mol. The number of hydrazone groups is 1. The van der Waals surface area contributed by atoms with E-state index in [4.69, 9.17) is 25.4 Å². The van der Waals surface area contributed by atoms with Crippen molar-refractivity contribution < 1.29 is 23.7 Å². The van der Waals surface area contributed by atoms with Crippen molar-refractivity contribution >= 4 is 12.1 Å². The van der Waals surface area contributed by atoms with Gasteiger partial charge in [-0.1, -0.05) is 18.6 Å². The summed E-state index contributed by atoms with van der Waals surface area (Å²) in [5, 5.41) is 4.02. The van der Waals surface area contributed by atoms with Gasteiger partial charge in [0.25, 0.3) is 5.91 Å². The molecule has 2 aromatic carbocycles. The first-order chi connectivity index (χ1) is 15.1. The van der Waals surface area contributed by atoms with Crippen molar-refractivity contribution in [1.29, 1.82) is 0 Å². The van der Waals surface area contributed by atoms with Crippen LogP contribution in [0, 0.1) is 12.3 Å². The molecule has 0 aliphatic carbocycles. The van der Waals surface area contributed by atoms with Gasteiger partial charge in [0, 0.05) is 5.56 Å². The fraction of sp³-hybridized carbons (Fsp3) is 0.250. The highest BCUT2D eigenvalue weighted by atomic mass is 16.5. The average Bonchev–Trinajstić information content (AvgIpc) is 2.78. The number of carbonyl (C=O) groups is 1. The summed E-state index contributed by atoms with van der Waals surface area (Å²) in [5.41, 5.74) is 3.61. The molecule has 7 heteroatoms. The van der Waals surface area contributed by atoms with E-state index in [9.17, 15) is 4.79 Å². The van der Waals surface area contributed by atoms with Gasteiger partial charge in [-0.3, -0.25) is 4.79 Å². The normalized spacial score (nSPS) is 10.2. The van der Waals surface area contributed by atoms with Gasteiger partial charge in [0.2, 0.25) is 0 Å². The van der Waals surface area contributed by atoms with Gasteiger partial charge in [-0.25, -0.2) is 5.43 Å².